The summed E-state index contributed by atoms with van der Waals surface area (Å²) in [5.41, 5.74) is -2.59. The summed E-state index contributed by atoms with van der Waals surface area (Å²) in [7, 11) is 0. The molecular formula is C17H23F3N4O4. The smallest absolute Gasteiger partial charge is 0.378 e. The van der Waals surface area contributed by atoms with Crippen molar-refractivity contribution in [1.82, 2.24) is 10.6 Å². The molecule has 0 saturated heterocycles. The molecule has 1 aromatic rings. The number of nitro groups is 1. The lowest BCUT2D eigenvalue weighted by molar-refractivity contribution is -0.384. The first-order valence-electron chi connectivity index (χ1n) is 8.41. The zero-order valence-electron chi connectivity index (χ0n) is 15.9. The van der Waals surface area contributed by atoms with Crippen molar-refractivity contribution in [3.8, 4) is 0 Å². The summed E-state index contributed by atoms with van der Waals surface area (Å²) >= 11 is 0. The van der Waals surface area contributed by atoms with E-state index < -0.39 is 39.7 Å². The fourth-order valence-electron chi connectivity index (χ4n) is 2.02. The highest BCUT2D eigenvalue weighted by molar-refractivity contribution is 5.89. The minimum atomic E-state index is -4.69. The van der Waals surface area contributed by atoms with Crippen molar-refractivity contribution in [1.29, 1.82) is 0 Å². The summed E-state index contributed by atoms with van der Waals surface area (Å²) in [4.78, 5) is 33.9. The van der Waals surface area contributed by atoms with Crippen LogP contribution in [0.25, 0.3) is 0 Å². The molecule has 1 atom stereocenters. The number of halogens is 3. The van der Waals surface area contributed by atoms with Crippen LogP contribution in [0.1, 0.15) is 33.3 Å². The Labute approximate surface area is 160 Å². The molecule has 1 rings (SSSR count). The number of alkyl halides is 3. The minimum Gasteiger partial charge on any atom is -0.378 e. The van der Waals surface area contributed by atoms with Crippen molar-refractivity contribution >= 4 is 23.2 Å². The van der Waals surface area contributed by atoms with Gasteiger partial charge in [-0.3, -0.25) is 19.7 Å². The molecule has 0 aliphatic carbocycles. The van der Waals surface area contributed by atoms with E-state index >= 15 is 0 Å². The van der Waals surface area contributed by atoms with Crippen LogP contribution in [0.2, 0.25) is 0 Å². The monoisotopic (exact) mass is 404 g/mol. The molecule has 0 fully saturated rings. The van der Waals surface area contributed by atoms with Crippen LogP contribution < -0.4 is 16.0 Å². The zero-order chi connectivity index (χ0) is 21.7. The Kier molecular flexibility index (Phi) is 7.36. The van der Waals surface area contributed by atoms with Gasteiger partial charge in [0.2, 0.25) is 11.8 Å². The lowest BCUT2D eigenvalue weighted by atomic mass is 9.95. The molecule has 0 aliphatic heterocycles. The number of anilines is 1. The highest BCUT2D eigenvalue weighted by Gasteiger charge is 2.33. The van der Waals surface area contributed by atoms with Crippen molar-refractivity contribution in [2.24, 2.45) is 5.41 Å². The number of benzene rings is 1. The second kappa shape index (κ2) is 8.89. The van der Waals surface area contributed by atoms with Crippen LogP contribution in [0.5, 0.6) is 0 Å². The van der Waals surface area contributed by atoms with Crippen molar-refractivity contribution in [2.75, 3.05) is 18.4 Å². The van der Waals surface area contributed by atoms with Crippen LogP contribution in [0.3, 0.4) is 0 Å². The highest BCUT2D eigenvalue weighted by Crippen LogP contribution is 2.34. The van der Waals surface area contributed by atoms with E-state index in [2.05, 4.69) is 16.0 Å². The molecule has 0 bridgehead atoms. The van der Waals surface area contributed by atoms with Gasteiger partial charge >= 0.3 is 6.18 Å². The number of nitrogens with one attached hydrogen (secondary N) is 3. The maximum absolute atomic E-state index is 12.7. The van der Waals surface area contributed by atoms with Crippen molar-refractivity contribution in [2.45, 2.75) is 39.9 Å². The number of rotatable bonds is 7. The Morgan fingerprint density at radius 1 is 1.18 bits per heavy atom. The molecule has 28 heavy (non-hydrogen) atoms. The van der Waals surface area contributed by atoms with Gasteiger partial charge in [-0.25, -0.2) is 0 Å². The summed E-state index contributed by atoms with van der Waals surface area (Å²) in [5.74, 6) is -0.755. The van der Waals surface area contributed by atoms with Gasteiger partial charge in [0, 0.05) is 24.6 Å². The average Bonchev–Trinajstić information content (AvgIpc) is 2.56. The van der Waals surface area contributed by atoms with E-state index in [-0.39, 0.29) is 24.7 Å². The third-order valence-electron chi connectivity index (χ3n) is 3.68. The van der Waals surface area contributed by atoms with E-state index in [1.807, 2.05) is 0 Å². The molecule has 0 saturated carbocycles. The highest BCUT2D eigenvalue weighted by atomic mass is 19.4. The van der Waals surface area contributed by atoms with Gasteiger partial charge in [0.1, 0.15) is 11.7 Å². The van der Waals surface area contributed by atoms with E-state index in [0.717, 1.165) is 12.1 Å². The first-order chi connectivity index (χ1) is 12.7. The van der Waals surface area contributed by atoms with E-state index in [1.165, 1.54) is 6.92 Å². The number of amides is 2. The van der Waals surface area contributed by atoms with E-state index in [4.69, 9.17) is 0 Å². The quantitative estimate of drug-likeness (QED) is 0.367. The van der Waals surface area contributed by atoms with Gasteiger partial charge in [0.15, 0.2) is 0 Å². The maximum Gasteiger partial charge on any atom is 0.416 e. The molecule has 0 radical (unpaired) electrons. The summed E-state index contributed by atoms with van der Waals surface area (Å²) in [6.07, 6.45) is -4.69. The lowest BCUT2D eigenvalue weighted by Gasteiger charge is -2.21. The number of hydrogen-bond donors (Lipinski definition) is 3. The third-order valence-corrected chi connectivity index (χ3v) is 3.68. The standard InChI is InChI=1S/C17H23F3N4O4/c1-10(23-15(26)16(2,3)4)14(25)22-8-7-21-12-6-5-11(17(18,19)20)9-13(12)24(27)28/h5-6,9-10,21H,7-8H2,1-4H3,(H,22,25)(H,23,26). The Balaban J connectivity index is 2.61. The molecule has 0 aromatic heterocycles. The van der Waals surface area contributed by atoms with Gasteiger partial charge in [0.25, 0.3) is 5.69 Å². The molecule has 0 aliphatic rings. The normalized spacial score (nSPS) is 12.8. The van der Waals surface area contributed by atoms with E-state index in [0.29, 0.717) is 6.07 Å². The molecule has 1 unspecified atom stereocenters. The molecule has 11 heteroatoms. The Morgan fingerprint density at radius 3 is 2.29 bits per heavy atom. The van der Waals surface area contributed by atoms with Crippen molar-refractivity contribution in [3.63, 3.8) is 0 Å². The number of nitro benzene ring substituents is 1. The summed E-state index contributed by atoms with van der Waals surface area (Å²) < 4.78 is 38.0. The zero-order valence-corrected chi connectivity index (χ0v) is 15.9. The van der Waals surface area contributed by atoms with Gasteiger partial charge in [-0.2, -0.15) is 13.2 Å². The molecule has 8 nitrogen and oxygen atoms in total. The predicted molar refractivity (Wildman–Crippen MR) is 96.7 cm³/mol. The fourth-order valence-corrected chi connectivity index (χ4v) is 2.02. The fraction of sp³-hybridized carbons (Fsp3) is 0.529. The second-order valence-corrected chi connectivity index (χ2v) is 7.15. The SMILES string of the molecule is CC(NC(=O)C(C)(C)C)C(=O)NCCNc1ccc(C(F)(F)F)cc1[N+](=O)[O-]. The third kappa shape index (κ3) is 6.71. The van der Waals surface area contributed by atoms with Gasteiger partial charge in [0.05, 0.1) is 10.5 Å². The van der Waals surface area contributed by atoms with E-state index in [1.54, 1.807) is 20.8 Å². The summed E-state index contributed by atoms with van der Waals surface area (Å²) in [6.45, 7) is 6.70. The summed E-state index contributed by atoms with van der Waals surface area (Å²) in [5, 5.41) is 18.7. The Morgan fingerprint density at radius 2 is 1.79 bits per heavy atom. The number of carbonyl (C=O) groups excluding carboxylic acids is 2. The molecule has 0 heterocycles. The van der Waals surface area contributed by atoms with Gasteiger partial charge in [-0.15, -0.1) is 0 Å². The predicted octanol–water partition coefficient (Wildman–Crippen LogP) is 2.69. The molecule has 2 amide bonds. The second-order valence-electron chi connectivity index (χ2n) is 7.15. The van der Waals surface area contributed by atoms with Crippen LogP contribution in [0.4, 0.5) is 24.5 Å². The first kappa shape index (κ1) is 23.2. The van der Waals surface area contributed by atoms with Crippen LogP contribution in [0.15, 0.2) is 18.2 Å². The number of carbonyl (C=O) groups is 2. The van der Waals surface area contributed by atoms with Crippen molar-refractivity contribution in [3.05, 3.63) is 33.9 Å². The maximum atomic E-state index is 12.7. The van der Waals surface area contributed by atoms with Crippen LogP contribution >= 0.6 is 0 Å². The molecular weight excluding hydrogens is 381 g/mol. The number of nitrogens with zero attached hydrogens (tertiary/aromatic N) is 1. The molecule has 1 aromatic carbocycles. The molecule has 3 N–H and O–H groups in total. The molecule has 156 valence electrons. The van der Waals surface area contributed by atoms with Crippen LogP contribution in [-0.4, -0.2) is 35.9 Å². The topological polar surface area (TPSA) is 113 Å². The van der Waals surface area contributed by atoms with Gasteiger partial charge < -0.3 is 16.0 Å². The van der Waals surface area contributed by atoms with Crippen LogP contribution in [0, 0.1) is 15.5 Å². The summed E-state index contributed by atoms with van der Waals surface area (Å²) in [6, 6.07) is 1.37. The van der Waals surface area contributed by atoms with Gasteiger partial charge in [-0.1, -0.05) is 20.8 Å². The van der Waals surface area contributed by atoms with Gasteiger partial charge in [-0.05, 0) is 19.1 Å². The first-order valence-corrected chi connectivity index (χ1v) is 8.41. The van der Waals surface area contributed by atoms with E-state index in [9.17, 15) is 32.9 Å². The number of hydrogen-bond acceptors (Lipinski definition) is 5. The lowest BCUT2D eigenvalue weighted by Crippen LogP contribution is -2.48. The Bertz CT molecular complexity index is 745. The largest absolute Gasteiger partial charge is 0.416 e. The van der Waals surface area contributed by atoms with Crippen LogP contribution in [-0.2, 0) is 15.8 Å². The van der Waals surface area contributed by atoms with Crippen molar-refractivity contribution < 1.29 is 27.7 Å². The molecule has 0 spiro atoms. The minimum absolute atomic E-state index is 0.0396. The average molecular weight is 404 g/mol. The Hall–Kier alpha value is -2.85.